The molecule has 88 valence electrons. The van der Waals surface area contributed by atoms with Crippen molar-refractivity contribution < 1.29 is 9.53 Å². The molecule has 0 saturated heterocycles. The van der Waals surface area contributed by atoms with Crippen LogP contribution in [0.2, 0.25) is 0 Å². The van der Waals surface area contributed by atoms with Gasteiger partial charge in [0.25, 0.3) is 0 Å². The fraction of sp³-hybridized carbons (Fsp3) is 0.231. The van der Waals surface area contributed by atoms with Gasteiger partial charge in [0.2, 0.25) is 0 Å². The number of aryl methyl sites for hydroxylation is 1. The standard InChI is InChI=1S/C13H14N2O2/c16-13(6-8-15-9-7-14-11-15)17-10-12-4-2-1-3-5-12/h1-5,7,9,11H,6,8,10H2. The van der Waals surface area contributed by atoms with Crippen LogP contribution in [0.1, 0.15) is 12.0 Å². The van der Waals surface area contributed by atoms with E-state index in [0.29, 0.717) is 19.6 Å². The van der Waals surface area contributed by atoms with Gasteiger partial charge in [0, 0.05) is 18.9 Å². The highest BCUT2D eigenvalue weighted by Gasteiger charge is 2.03. The monoisotopic (exact) mass is 230 g/mol. The van der Waals surface area contributed by atoms with Crippen molar-refractivity contribution in [2.24, 2.45) is 0 Å². The number of carbonyl (C=O) groups excluding carboxylic acids is 1. The van der Waals surface area contributed by atoms with Gasteiger partial charge in [0.1, 0.15) is 6.61 Å². The normalized spacial score (nSPS) is 10.1. The van der Waals surface area contributed by atoms with Crippen molar-refractivity contribution in [3.05, 3.63) is 54.6 Å². The van der Waals surface area contributed by atoms with Gasteiger partial charge in [0.15, 0.2) is 0 Å². The highest BCUT2D eigenvalue weighted by Crippen LogP contribution is 2.02. The number of carbonyl (C=O) groups is 1. The second kappa shape index (κ2) is 5.84. The quantitative estimate of drug-likeness (QED) is 0.738. The number of aromatic nitrogens is 2. The second-order valence-corrected chi connectivity index (χ2v) is 3.70. The molecule has 0 unspecified atom stereocenters. The predicted octanol–water partition coefficient (Wildman–Crippen LogP) is 2.02. The maximum atomic E-state index is 11.5. The average molecular weight is 230 g/mol. The largest absolute Gasteiger partial charge is 0.461 e. The smallest absolute Gasteiger partial charge is 0.307 e. The van der Waals surface area contributed by atoms with Gasteiger partial charge in [0.05, 0.1) is 12.7 Å². The molecule has 1 heterocycles. The third kappa shape index (κ3) is 3.75. The van der Waals surface area contributed by atoms with E-state index in [1.165, 1.54) is 0 Å². The van der Waals surface area contributed by atoms with Crippen LogP contribution in [0.25, 0.3) is 0 Å². The molecule has 2 aromatic rings. The minimum absolute atomic E-state index is 0.192. The summed E-state index contributed by atoms with van der Waals surface area (Å²) in [4.78, 5) is 15.4. The van der Waals surface area contributed by atoms with E-state index >= 15 is 0 Å². The van der Waals surface area contributed by atoms with E-state index in [0.717, 1.165) is 5.56 Å². The van der Waals surface area contributed by atoms with E-state index in [2.05, 4.69) is 4.98 Å². The molecule has 4 heteroatoms. The lowest BCUT2D eigenvalue weighted by Gasteiger charge is -2.05. The van der Waals surface area contributed by atoms with E-state index in [4.69, 9.17) is 4.74 Å². The van der Waals surface area contributed by atoms with Crippen molar-refractivity contribution in [3.8, 4) is 0 Å². The zero-order chi connectivity index (χ0) is 11.9. The number of imidazole rings is 1. The minimum atomic E-state index is -0.192. The van der Waals surface area contributed by atoms with E-state index in [1.54, 1.807) is 12.5 Å². The molecule has 0 bridgehead atoms. The van der Waals surface area contributed by atoms with Crippen LogP contribution in [0.4, 0.5) is 0 Å². The van der Waals surface area contributed by atoms with Gasteiger partial charge >= 0.3 is 5.97 Å². The van der Waals surface area contributed by atoms with E-state index < -0.39 is 0 Å². The molecule has 0 atom stereocenters. The first-order valence-corrected chi connectivity index (χ1v) is 5.50. The Labute approximate surface area is 99.9 Å². The molecular weight excluding hydrogens is 216 g/mol. The molecule has 0 saturated carbocycles. The van der Waals surface area contributed by atoms with E-state index in [9.17, 15) is 4.79 Å². The third-order valence-corrected chi connectivity index (χ3v) is 2.38. The number of ether oxygens (including phenoxy) is 1. The first kappa shape index (κ1) is 11.4. The highest BCUT2D eigenvalue weighted by molar-refractivity contribution is 5.69. The molecule has 1 aromatic carbocycles. The first-order chi connectivity index (χ1) is 8.34. The number of hydrogen-bond donors (Lipinski definition) is 0. The summed E-state index contributed by atoms with van der Waals surface area (Å²) in [6.45, 7) is 0.942. The van der Waals surface area contributed by atoms with Gasteiger partial charge < -0.3 is 9.30 Å². The summed E-state index contributed by atoms with van der Waals surface area (Å²) in [5, 5.41) is 0. The fourth-order valence-electron chi connectivity index (χ4n) is 1.45. The lowest BCUT2D eigenvalue weighted by molar-refractivity contribution is -0.145. The molecule has 17 heavy (non-hydrogen) atoms. The van der Waals surface area contributed by atoms with Crippen LogP contribution >= 0.6 is 0 Å². The molecule has 0 N–H and O–H groups in total. The topological polar surface area (TPSA) is 44.1 Å². The maximum absolute atomic E-state index is 11.5. The van der Waals surface area contributed by atoms with Crippen LogP contribution in [0.3, 0.4) is 0 Å². The number of nitrogens with zero attached hydrogens (tertiary/aromatic N) is 2. The second-order valence-electron chi connectivity index (χ2n) is 3.70. The molecule has 0 aliphatic carbocycles. The van der Waals surface area contributed by atoms with Gasteiger partial charge in [-0.1, -0.05) is 30.3 Å². The molecule has 0 fully saturated rings. The van der Waals surface area contributed by atoms with Crippen molar-refractivity contribution in [1.82, 2.24) is 9.55 Å². The molecule has 0 amide bonds. The van der Waals surface area contributed by atoms with Gasteiger partial charge in [-0.25, -0.2) is 4.98 Å². The summed E-state index contributed by atoms with van der Waals surface area (Å²) in [7, 11) is 0. The van der Waals surface area contributed by atoms with Crippen LogP contribution in [0, 0.1) is 0 Å². The minimum Gasteiger partial charge on any atom is -0.461 e. The Morgan fingerprint density at radius 2 is 2.12 bits per heavy atom. The zero-order valence-electron chi connectivity index (χ0n) is 9.45. The van der Waals surface area contributed by atoms with Crippen molar-refractivity contribution in [2.45, 2.75) is 19.6 Å². The van der Waals surface area contributed by atoms with Gasteiger partial charge in [-0.15, -0.1) is 0 Å². The van der Waals surface area contributed by atoms with Gasteiger partial charge in [-0.2, -0.15) is 0 Å². The van der Waals surface area contributed by atoms with Crippen molar-refractivity contribution in [3.63, 3.8) is 0 Å². The van der Waals surface area contributed by atoms with Crippen molar-refractivity contribution >= 4 is 5.97 Å². The van der Waals surface area contributed by atoms with Crippen LogP contribution in [0.15, 0.2) is 49.1 Å². The van der Waals surface area contributed by atoms with Gasteiger partial charge in [-0.05, 0) is 5.56 Å². The summed E-state index contributed by atoms with van der Waals surface area (Å²) >= 11 is 0. The molecular formula is C13H14N2O2. The van der Waals surface area contributed by atoms with E-state index in [1.807, 2.05) is 41.1 Å². The summed E-state index contributed by atoms with van der Waals surface area (Å²) in [5.74, 6) is -0.192. The highest BCUT2D eigenvalue weighted by atomic mass is 16.5. The Morgan fingerprint density at radius 3 is 2.82 bits per heavy atom. The lowest BCUT2D eigenvalue weighted by Crippen LogP contribution is -2.08. The maximum Gasteiger partial charge on any atom is 0.307 e. The summed E-state index contributed by atoms with van der Waals surface area (Å²) < 4.78 is 7.00. The van der Waals surface area contributed by atoms with Crippen LogP contribution in [0.5, 0.6) is 0 Å². The summed E-state index contributed by atoms with van der Waals surface area (Å²) in [5.41, 5.74) is 1.00. The first-order valence-electron chi connectivity index (χ1n) is 5.50. The fourth-order valence-corrected chi connectivity index (χ4v) is 1.45. The predicted molar refractivity (Wildman–Crippen MR) is 63.1 cm³/mol. The van der Waals surface area contributed by atoms with Crippen molar-refractivity contribution in [1.29, 1.82) is 0 Å². The van der Waals surface area contributed by atoms with Gasteiger partial charge in [-0.3, -0.25) is 4.79 Å². The summed E-state index contributed by atoms with van der Waals surface area (Å²) in [6, 6.07) is 9.65. The Kier molecular flexibility index (Phi) is 3.91. The van der Waals surface area contributed by atoms with Crippen LogP contribution in [-0.2, 0) is 22.7 Å². The van der Waals surface area contributed by atoms with Crippen LogP contribution in [-0.4, -0.2) is 15.5 Å². The number of rotatable bonds is 5. The number of esters is 1. The molecule has 2 rings (SSSR count). The molecule has 0 aliphatic heterocycles. The summed E-state index contributed by atoms with van der Waals surface area (Å²) in [6.07, 6.45) is 5.56. The molecule has 4 nitrogen and oxygen atoms in total. The zero-order valence-corrected chi connectivity index (χ0v) is 9.45. The molecule has 0 radical (unpaired) electrons. The molecule has 1 aromatic heterocycles. The lowest BCUT2D eigenvalue weighted by atomic mass is 10.2. The average Bonchev–Trinajstić information content (AvgIpc) is 2.88. The van der Waals surface area contributed by atoms with Crippen LogP contribution < -0.4 is 0 Å². The molecule has 0 aliphatic rings. The SMILES string of the molecule is O=C(CCn1ccnc1)OCc1ccccc1. The number of hydrogen-bond acceptors (Lipinski definition) is 3. The Morgan fingerprint density at radius 1 is 1.29 bits per heavy atom. The Hall–Kier alpha value is -2.10. The Balaban J connectivity index is 1.71. The molecule has 0 spiro atoms. The van der Waals surface area contributed by atoms with Crippen molar-refractivity contribution in [2.75, 3.05) is 0 Å². The van der Waals surface area contributed by atoms with E-state index in [-0.39, 0.29) is 5.97 Å². The number of benzene rings is 1. The third-order valence-electron chi connectivity index (χ3n) is 2.38. The Bertz CT molecular complexity index is 452.